The predicted molar refractivity (Wildman–Crippen MR) is 77.3 cm³/mol. The quantitative estimate of drug-likeness (QED) is 0.830. The Hall–Kier alpha value is -0.700. The second-order valence-electron chi connectivity index (χ2n) is 4.56. The molecule has 2 N–H and O–H groups in total. The highest BCUT2D eigenvalue weighted by atomic mass is 79.9. The molecule has 0 bridgehead atoms. The van der Waals surface area contributed by atoms with Crippen LogP contribution in [0.4, 0.5) is 10.1 Å². The number of sulfonamides is 1. The molecular weight excluding hydrogens is 351 g/mol. The maximum Gasteiger partial charge on any atom is 0.245 e. The van der Waals surface area contributed by atoms with E-state index >= 15 is 0 Å². The molecular formula is C12H16BrFN2O3S. The molecule has 2 rings (SSSR count). The lowest BCUT2D eigenvalue weighted by Gasteiger charge is -2.34. The topological polar surface area (TPSA) is 72.6 Å². The van der Waals surface area contributed by atoms with E-state index in [1.165, 1.54) is 10.4 Å². The Morgan fingerprint density at radius 2 is 2.25 bits per heavy atom. The Morgan fingerprint density at radius 1 is 1.55 bits per heavy atom. The van der Waals surface area contributed by atoms with E-state index in [9.17, 15) is 12.8 Å². The molecule has 1 aromatic rings. The van der Waals surface area contributed by atoms with Crippen molar-refractivity contribution in [2.24, 2.45) is 0 Å². The number of morpholine rings is 1. The molecule has 0 aliphatic carbocycles. The number of benzene rings is 1. The number of anilines is 1. The monoisotopic (exact) mass is 366 g/mol. The van der Waals surface area contributed by atoms with Gasteiger partial charge in [0.1, 0.15) is 10.7 Å². The predicted octanol–water partition coefficient (Wildman–Crippen LogP) is 1.97. The van der Waals surface area contributed by atoms with Crippen molar-refractivity contribution in [3.63, 3.8) is 0 Å². The van der Waals surface area contributed by atoms with Crippen LogP contribution in [0.3, 0.4) is 0 Å². The van der Waals surface area contributed by atoms with E-state index < -0.39 is 15.8 Å². The molecule has 1 heterocycles. The summed E-state index contributed by atoms with van der Waals surface area (Å²) >= 11 is 2.99. The third kappa shape index (κ3) is 2.83. The summed E-state index contributed by atoms with van der Waals surface area (Å²) in [6.07, 6.45) is 0.640. The number of nitrogens with zero attached hydrogens (tertiary/aromatic N) is 1. The molecule has 1 saturated heterocycles. The van der Waals surface area contributed by atoms with Crippen LogP contribution in [0.2, 0.25) is 0 Å². The molecule has 1 aliphatic rings. The zero-order valence-corrected chi connectivity index (χ0v) is 13.4. The SMILES string of the molecule is CCC1COCCN1S(=O)(=O)c1cc(Br)c(F)cc1N. The molecule has 0 radical (unpaired) electrons. The Bertz CT molecular complexity index is 609. The van der Waals surface area contributed by atoms with Crippen LogP contribution >= 0.6 is 15.9 Å². The molecule has 1 aliphatic heterocycles. The first kappa shape index (κ1) is 15.7. The third-order valence-corrected chi connectivity index (χ3v) is 5.90. The first-order chi connectivity index (χ1) is 9.37. The minimum atomic E-state index is -3.76. The van der Waals surface area contributed by atoms with E-state index in [1.54, 1.807) is 0 Å². The Morgan fingerprint density at radius 3 is 2.90 bits per heavy atom. The lowest BCUT2D eigenvalue weighted by Crippen LogP contribution is -2.48. The zero-order valence-electron chi connectivity index (χ0n) is 11.0. The smallest absolute Gasteiger partial charge is 0.245 e. The second kappa shape index (κ2) is 5.97. The maximum atomic E-state index is 13.4. The Kier molecular flexibility index (Phi) is 4.68. The van der Waals surface area contributed by atoms with Gasteiger partial charge in [-0.25, -0.2) is 12.8 Å². The summed E-state index contributed by atoms with van der Waals surface area (Å²) in [5.41, 5.74) is 5.58. The van der Waals surface area contributed by atoms with Gasteiger partial charge in [-0.3, -0.25) is 0 Å². The summed E-state index contributed by atoms with van der Waals surface area (Å²) in [6.45, 7) is 2.87. The summed E-state index contributed by atoms with van der Waals surface area (Å²) in [4.78, 5) is -0.0777. The van der Waals surface area contributed by atoms with Crippen molar-refractivity contribution in [1.82, 2.24) is 4.31 Å². The minimum absolute atomic E-state index is 0.0755. The van der Waals surface area contributed by atoms with Crippen molar-refractivity contribution >= 4 is 31.6 Å². The molecule has 8 heteroatoms. The first-order valence-electron chi connectivity index (χ1n) is 6.22. The highest BCUT2D eigenvalue weighted by molar-refractivity contribution is 9.10. The third-order valence-electron chi connectivity index (χ3n) is 3.28. The van der Waals surface area contributed by atoms with Gasteiger partial charge in [0, 0.05) is 12.6 Å². The molecule has 1 aromatic carbocycles. The highest BCUT2D eigenvalue weighted by Crippen LogP contribution is 2.30. The van der Waals surface area contributed by atoms with Gasteiger partial charge in [0.25, 0.3) is 0 Å². The van der Waals surface area contributed by atoms with Crippen molar-refractivity contribution in [3.05, 3.63) is 22.4 Å². The van der Waals surface area contributed by atoms with Gasteiger partial charge >= 0.3 is 0 Å². The van der Waals surface area contributed by atoms with Crippen molar-refractivity contribution < 1.29 is 17.5 Å². The van der Waals surface area contributed by atoms with Crippen LogP contribution in [-0.4, -0.2) is 38.5 Å². The lowest BCUT2D eigenvalue weighted by atomic mass is 10.2. The number of ether oxygens (including phenoxy) is 1. The van der Waals surface area contributed by atoms with Crippen molar-refractivity contribution in [1.29, 1.82) is 0 Å². The molecule has 0 saturated carbocycles. The lowest BCUT2D eigenvalue weighted by molar-refractivity contribution is 0.0314. The van der Waals surface area contributed by atoms with Gasteiger partial charge in [0.2, 0.25) is 10.0 Å². The fourth-order valence-corrected chi connectivity index (χ4v) is 4.46. The molecule has 20 heavy (non-hydrogen) atoms. The van der Waals surface area contributed by atoms with Crippen LogP contribution in [0.1, 0.15) is 13.3 Å². The fourth-order valence-electron chi connectivity index (χ4n) is 2.17. The van der Waals surface area contributed by atoms with Crippen LogP contribution in [0.15, 0.2) is 21.5 Å². The minimum Gasteiger partial charge on any atom is -0.398 e. The summed E-state index contributed by atoms with van der Waals surface area (Å²) < 4.78 is 45.5. The molecule has 1 atom stereocenters. The van der Waals surface area contributed by atoms with Crippen molar-refractivity contribution in [2.75, 3.05) is 25.5 Å². The van der Waals surface area contributed by atoms with Crippen molar-refractivity contribution in [3.8, 4) is 0 Å². The Labute approximate surface area is 126 Å². The number of nitrogen functional groups attached to an aromatic ring is 1. The van der Waals surface area contributed by atoms with E-state index in [4.69, 9.17) is 10.5 Å². The molecule has 112 valence electrons. The van der Waals surface area contributed by atoms with Crippen molar-refractivity contribution in [2.45, 2.75) is 24.3 Å². The summed E-state index contributed by atoms with van der Waals surface area (Å²) in [7, 11) is -3.76. The molecule has 0 spiro atoms. The summed E-state index contributed by atoms with van der Waals surface area (Å²) in [5.74, 6) is -0.588. The normalized spacial score (nSPS) is 21.1. The molecule has 0 amide bonds. The second-order valence-corrected chi connectivity index (χ2v) is 7.27. The largest absolute Gasteiger partial charge is 0.398 e. The maximum absolute atomic E-state index is 13.4. The molecule has 1 fully saturated rings. The van der Waals surface area contributed by atoms with E-state index in [-0.39, 0.29) is 27.6 Å². The summed E-state index contributed by atoms with van der Waals surface area (Å²) in [5, 5.41) is 0. The molecule has 5 nitrogen and oxygen atoms in total. The van der Waals surface area contributed by atoms with E-state index in [0.717, 1.165) is 6.07 Å². The number of halogens is 2. The number of rotatable bonds is 3. The van der Waals surface area contributed by atoms with Gasteiger partial charge < -0.3 is 10.5 Å². The van der Waals surface area contributed by atoms with E-state index in [1.807, 2.05) is 6.92 Å². The Balaban J connectivity index is 2.46. The number of hydrogen-bond acceptors (Lipinski definition) is 4. The van der Waals surface area contributed by atoms with Gasteiger partial charge in [-0.2, -0.15) is 4.31 Å². The van der Waals surface area contributed by atoms with Crippen LogP contribution < -0.4 is 5.73 Å². The molecule has 0 aromatic heterocycles. The highest BCUT2D eigenvalue weighted by Gasteiger charge is 2.34. The average Bonchev–Trinajstić information content (AvgIpc) is 2.42. The standard InChI is InChI=1S/C12H16BrFN2O3S/c1-2-8-7-19-4-3-16(8)20(17,18)12-5-9(13)10(14)6-11(12)15/h5-6,8H,2-4,7,15H2,1H3. The number of nitrogens with two attached hydrogens (primary N) is 1. The van der Waals surface area contributed by atoms with Gasteiger partial charge in [-0.1, -0.05) is 6.92 Å². The van der Waals surface area contributed by atoms with Crippen LogP contribution in [0.25, 0.3) is 0 Å². The fraction of sp³-hybridized carbons (Fsp3) is 0.500. The summed E-state index contributed by atoms with van der Waals surface area (Å²) in [6, 6.07) is 2.00. The number of hydrogen-bond donors (Lipinski definition) is 1. The van der Waals surface area contributed by atoms with Gasteiger partial charge in [-0.05, 0) is 34.5 Å². The van der Waals surface area contributed by atoms with Gasteiger partial charge in [0.05, 0.1) is 23.4 Å². The molecule has 1 unspecified atom stereocenters. The first-order valence-corrected chi connectivity index (χ1v) is 8.45. The van der Waals surface area contributed by atoms with E-state index in [2.05, 4.69) is 15.9 Å². The van der Waals surface area contributed by atoms with Gasteiger partial charge in [-0.15, -0.1) is 0 Å². The van der Waals surface area contributed by atoms with Crippen LogP contribution in [-0.2, 0) is 14.8 Å². The zero-order chi connectivity index (χ0) is 14.9. The van der Waals surface area contributed by atoms with E-state index in [0.29, 0.717) is 19.6 Å². The van der Waals surface area contributed by atoms with Crippen LogP contribution in [0.5, 0.6) is 0 Å². The van der Waals surface area contributed by atoms with Gasteiger partial charge in [0.15, 0.2) is 0 Å². The van der Waals surface area contributed by atoms with Crippen LogP contribution in [0, 0.1) is 5.82 Å². The average molecular weight is 367 g/mol.